The first-order valence-corrected chi connectivity index (χ1v) is 20.6. The number of aromatic nitrogens is 2. The molecule has 3 heterocycles. The minimum absolute atomic E-state index is 0.687. The number of rotatable bonds is 5. The van der Waals surface area contributed by atoms with Crippen LogP contribution >= 0.6 is 11.3 Å². The van der Waals surface area contributed by atoms with Crippen molar-refractivity contribution < 1.29 is 0 Å². The van der Waals surface area contributed by atoms with E-state index in [4.69, 9.17) is 9.97 Å². The molecule has 0 atom stereocenters. The third kappa shape index (κ3) is 5.33. The van der Waals surface area contributed by atoms with Crippen LogP contribution in [0.15, 0.2) is 188 Å². The van der Waals surface area contributed by atoms with Crippen LogP contribution in [-0.4, -0.2) is 9.97 Å². The fraction of sp³-hybridized carbons (Fsp3) is 0. The molecule has 12 rings (SSSR count). The number of hydrogen-bond donors (Lipinski definition) is 0. The van der Waals surface area contributed by atoms with Gasteiger partial charge in [0.15, 0.2) is 0 Å². The average Bonchev–Trinajstić information content (AvgIpc) is 3.68. The van der Waals surface area contributed by atoms with Crippen molar-refractivity contribution in [3.63, 3.8) is 0 Å². The molecule has 0 spiro atoms. The summed E-state index contributed by atoms with van der Waals surface area (Å²) in [4.78, 5) is 9.45. The van der Waals surface area contributed by atoms with Crippen molar-refractivity contribution in [1.29, 1.82) is 5.26 Å². The summed E-state index contributed by atoms with van der Waals surface area (Å²) in [5, 5.41) is 21.9. The smallest absolute Gasteiger partial charge is 0.0991 e. The molecule has 0 radical (unpaired) electrons. The molecule has 0 N–H and O–H groups in total. The molecule has 0 amide bonds. The van der Waals surface area contributed by atoms with Gasteiger partial charge in [-0.1, -0.05) is 103 Å². The van der Waals surface area contributed by atoms with Crippen molar-refractivity contribution in [3.8, 4) is 62.0 Å². The van der Waals surface area contributed by atoms with Crippen LogP contribution in [0.2, 0.25) is 0 Å². The predicted octanol–water partition coefficient (Wildman–Crippen LogP) is 15.1. The Hall–Kier alpha value is -7.71. The Bertz CT molecular complexity index is 3620. The summed E-state index contributed by atoms with van der Waals surface area (Å²) in [6.07, 6.45) is 3.70. The Morgan fingerprint density at radius 2 is 0.881 bits per heavy atom. The summed E-state index contributed by atoms with van der Waals surface area (Å²) in [5.74, 6) is 0. The van der Waals surface area contributed by atoms with Gasteiger partial charge in [-0.2, -0.15) is 5.26 Å². The standard InChI is InChI=1S/C55H31N3S/c56-32-33-11-23-52-48(27-33)49-31-36(16-24-53(49)59-52)40-21-22-44(43-8-2-1-7-42(40)43)45-18-13-35-14-19-46-41(17-12-34-15-20-47(45)55(35)54(34)46)37-28-38(50-9-3-5-25-57-50)30-39(29-37)51-10-4-6-26-58-51/h1-31H. The van der Waals surface area contributed by atoms with Gasteiger partial charge in [0, 0.05) is 43.7 Å². The van der Waals surface area contributed by atoms with E-state index in [0.717, 1.165) is 33.5 Å². The molecule has 0 aliphatic rings. The number of hydrogen-bond acceptors (Lipinski definition) is 4. The van der Waals surface area contributed by atoms with E-state index < -0.39 is 0 Å². The summed E-state index contributed by atoms with van der Waals surface area (Å²) in [6.45, 7) is 0. The highest BCUT2D eigenvalue weighted by Crippen LogP contribution is 2.46. The van der Waals surface area contributed by atoms with Crippen LogP contribution in [0.1, 0.15) is 5.56 Å². The SMILES string of the molecule is N#Cc1ccc2sc3ccc(-c4ccc(-c5ccc6ccc7c(-c8cc(-c9ccccn9)cc(-c9ccccn9)c8)ccc8ccc5c6c87)c5ccccc45)cc3c2c1. The fourth-order valence-electron chi connectivity index (χ4n) is 9.23. The fourth-order valence-corrected chi connectivity index (χ4v) is 10.3. The number of nitriles is 1. The van der Waals surface area contributed by atoms with Gasteiger partial charge in [0.1, 0.15) is 0 Å². The van der Waals surface area contributed by atoms with E-state index in [0.29, 0.717) is 5.56 Å². The molecular weight excluding hydrogens is 735 g/mol. The van der Waals surface area contributed by atoms with E-state index in [1.807, 2.05) is 48.8 Å². The third-order valence-electron chi connectivity index (χ3n) is 12.0. The minimum atomic E-state index is 0.687. The van der Waals surface area contributed by atoms with Gasteiger partial charge in [-0.3, -0.25) is 9.97 Å². The lowest BCUT2D eigenvalue weighted by Crippen LogP contribution is -1.92. The van der Waals surface area contributed by atoms with E-state index >= 15 is 0 Å². The number of pyridine rings is 2. The number of fused-ring (bicyclic) bond motifs is 4. The van der Waals surface area contributed by atoms with Crippen molar-refractivity contribution in [2.75, 3.05) is 0 Å². The van der Waals surface area contributed by atoms with Crippen molar-refractivity contribution in [1.82, 2.24) is 9.97 Å². The molecule has 9 aromatic carbocycles. The lowest BCUT2D eigenvalue weighted by Gasteiger charge is -2.18. The van der Waals surface area contributed by atoms with Crippen LogP contribution in [-0.2, 0) is 0 Å². The lowest BCUT2D eigenvalue weighted by atomic mass is 9.85. The van der Waals surface area contributed by atoms with Crippen LogP contribution in [0.5, 0.6) is 0 Å². The highest BCUT2D eigenvalue weighted by molar-refractivity contribution is 7.25. The second-order valence-corrected chi connectivity index (χ2v) is 16.3. The zero-order valence-corrected chi connectivity index (χ0v) is 32.5. The Morgan fingerprint density at radius 3 is 1.54 bits per heavy atom. The third-order valence-corrected chi connectivity index (χ3v) is 13.1. The largest absolute Gasteiger partial charge is 0.256 e. The molecule has 0 unspecified atom stereocenters. The van der Waals surface area contributed by atoms with Gasteiger partial charge in [-0.25, -0.2) is 0 Å². The van der Waals surface area contributed by atoms with Gasteiger partial charge in [0.05, 0.1) is 23.0 Å². The molecule has 3 nitrogen and oxygen atoms in total. The summed E-state index contributed by atoms with van der Waals surface area (Å²) in [7, 11) is 0. The Morgan fingerprint density at radius 1 is 0.373 bits per heavy atom. The molecule has 12 aromatic rings. The highest BCUT2D eigenvalue weighted by Gasteiger charge is 2.19. The van der Waals surface area contributed by atoms with Crippen LogP contribution in [0, 0.1) is 11.3 Å². The number of benzene rings is 9. The zero-order chi connectivity index (χ0) is 39.0. The molecule has 0 saturated carbocycles. The topological polar surface area (TPSA) is 49.6 Å². The summed E-state index contributed by atoms with van der Waals surface area (Å²) in [6, 6.07) is 65.7. The van der Waals surface area contributed by atoms with Crippen molar-refractivity contribution in [2.45, 2.75) is 0 Å². The molecule has 0 bridgehead atoms. The monoisotopic (exact) mass is 765 g/mol. The molecule has 4 heteroatoms. The average molecular weight is 766 g/mol. The van der Waals surface area contributed by atoms with Crippen LogP contribution in [0.4, 0.5) is 0 Å². The summed E-state index contributed by atoms with van der Waals surface area (Å²) >= 11 is 1.78. The minimum Gasteiger partial charge on any atom is -0.256 e. The van der Waals surface area contributed by atoms with Crippen molar-refractivity contribution in [2.24, 2.45) is 0 Å². The summed E-state index contributed by atoms with van der Waals surface area (Å²) < 4.78 is 2.43. The van der Waals surface area contributed by atoms with E-state index in [1.54, 1.807) is 11.3 Å². The van der Waals surface area contributed by atoms with Gasteiger partial charge in [-0.05, 0) is 149 Å². The van der Waals surface area contributed by atoms with Crippen LogP contribution < -0.4 is 0 Å². The Kier molecular flexibility index (Phi) is 7.47. The van der Waals surface area contributed by atoms with Gasteiger partial charge < -0.3 is 0 Å². The van der Waals surface area contributed by atoms with Gasteiger partial charge in [0.25, 0.3) is 0 Å². The summed E-state index contributed by atoms with van der Waals surface area (Å²) in [5.41, 5.74) is 11.8. The molecule has 0 fully saturated rings. The number of thiophene rings is 1. The van der Waals surface area contributed by atoms with E-state index in [1.165, 1.54) is 85.7 Å². The predicted molar refractivity (Wildman–Crippen MR) is 248 cm³/mol. The van der Waals surface area contributed by atoms with E-state index in [2.05, 4.69) is 146 Å². The maximum absolute atomic E-state index is 9.62. The maximum atomic E-state index is 9.62. The van der Waals surface area contributed by atoms with Gasteiger partial charge in [0.2, 0.25) is 0 Å². The van der Waals surface area contributed by atoms with E-state index in [-0.39, 0.29) is 0 Å². The van der Waals surface area contributed by atoms with Crippen LogP contribution in [0.25, 0.3) is 119 Å². The molecule has 0 saturated heterocycles. The maximum Gasteiger partial charge on any atom is 0.0991 e. The first-order valence-electron chi connectivity index (χ1n) is 19.8. The highest BCUT2D eigenvalue weighted by atomic mass is 32.1. The van der Waals surface area contributed by atoms with Crippen molar-refractivity contribution in [3.05, 3.63) is 194 Å². The molecule has 0 aliphatic heterocycles. The molecule has 272 valence electrons. The van der Waals surface area contributed by atoms with Crippen molar-refractivity contribution >= 4 is 74.6 Å². The molecule has 0 aliphatic carbocycles. The second kappa shape index (κ2) is 13.2. The molecular formula is C55H31N3S. The Labute approximate surface area is 344 Å². The number of nitrogens with zero attached hydrogens (tertiary/aromatic N) is 3. The Balaban J connectivity index is 1.04. The molecule has 3 aromatic heterocycles. The van der Waals surface area contributed by atoms with Gasteiger partial charge in [-0.15, -0.1) is 11.3 Å². The molecule has 59 heavy (non-hydrogen) atoms. The van der Waals surface area contributed by atoms with Crippen LogP contribution in [0.3, 0.4) is 0 Å². The first-order chi connectivity index (χ1) is 29.2. The normalized spacial score (nSPS) is 11.7. The quantitative estimate of drug-likeness (QED) is 0.164. The van der Waals surface area contributed by atoms with E-state index in [9.17, 15) is 5.26 Å². The van der Waals surface area contributed by atoms with Gasteiger partial charge >= 0.3 is 0 Å². The lowest BCUT2D eigenvalue weighted by molar-refractivity contribution is 1.31. The zero-order valence-electron chi connectivity index (χ0n) is 31.6. The first kappa shape index (κ1) is 33.4. The second-order valence-electron chi connectivity index (χ2n) is 15.2.